The molecule has 0 unspecified atom stereocenters. The van der Waals surface area contributed by atoms with E-state index >= 15 is 0 Å². The van der Waals surface area contributed by atoms with Gasteiger partial charge in [0.2, 0.25) is 5.91 Å². The molecule has 1 N–H and O–H groups in total. The average Bonchev–Trinajstić information content (AvgIpc) is 2.72. The van der Waals surface area contributed by atoms with Gasteiger partial charge in [0.05, 0.1) is 18.5 Å². The van der Waals surface area contributed by atoms with Gasteiger partial charge in [-0.3, -0.25) is 9.59 Å². The topological polar surface area (TPSA) is 86.1 Å². The summed E-state index contributed by atoms with van der Waals surface area (Å²) < 4.78 is 6.91. The summed E-state index contributed by atoms with van der Waals surface area (Å²) in [7, 11) is 0. The maximum Gasteiger partial charge on any atom is 0.277 e. The lowest BCUT2D eigenvalue weighted by atomic mass is 10.2. The van der Waals surface area contributed by atoms with Gasteiger partial charge in [0, 0.05) is 13.0 Å². The highest BCUT2D eigenvalue weighted by molar-refractivity contribution is 5.77. The van der Waals surface area contributed by atoms with E-state index in [0.717, 1.165) is 24.2 Å². The molecular formula is C21H24N4O3. The van der Waals surface area contributed by atoms with Crippen molar-refractivity contribution in [2.45, 2.75) is 39.3 Å². The summed E-state index contributed by atoms with van der Waals surface area (Å²) in [6.07, 6.45) is 2.25. The number of nitrogens with zero attached hydrogens (tertiary/aromatic N) is 3. The van der Waals surface area contributed by atoms with Crippen molar-refractivity contribution in [1.29, 1.82) is 0 Å². The summed E-state index contributed by atoms with van der Waals surface area (Å²) in [6.45, 7) is 3.39. The molecule has 0 aliphatic rings. The Bertz CT molecular complexity index is 1000. The lowest BCUT2D eigenvalue weighted by molar-refractivity contribution is -0.121. The Morgan fingerprint density at radius 2 is 2.04 bits per heavy atom. The van der Waals surface area contributed by atoms with Crippen molar-refractivity contribution >= 4 is 16.8 Å². The molecule has 0 spiro atoms. The number of ether oxygens (including phenoxy) is 1. The minimum atomic E-state index is -0.240. The molecule has 1 aromatic heterocycles. The van der Waals surface area contributed by atoms with Crippen molar-refractivity contribution in [2.75, 3.05) is 6.61 Å². The number of amides is 1. The van der Waals surface area contributed by atoms with Crippen LogP contribution < -0.4 is 15.6 Å². The van der Waals surface area contributed by atoms with Gasteiger partial charge >= 0.3 is 0 Å². The Balaban J connectivity index is 1.52. The standard InChI is InChI=1S/C21H24N4O3/c1-2-3-13-28-17-8-6-7-16(14-17)15-22-20(26)11-12-25-21(27)18-9-4-5-10-19(18)23-24-25/h4-10,14H,2-3,11-13,15H2,1H3,(H,22,26). The summed E-state index contributed by atoms with van der Waals surface area (Å²) in [5.74, 6) is 0.650. The molecule has 0 saturated carbocycles. The summed E-state index contributed by atoms with van der Waals surface area (Å²) in [4.78, 5) is 24.5. The van der Waals surface area contributed by atoms with Crippen LogP contribution in [0.2, 0.25) is 0 Å². The minimum absolute atomic E-state index is 0.152. The number of hydrogen-bond acceptors (Lipinski definition) is 5. The molecule has 7 nitrogen and oxygen atoms in total. The highest BCUT2D eigenvalue weighted by atomic mass is 16.5. The molecule has 1 heterocycles. The number of nitrogens with one attached hydrogen (secondary N) is 1. The highest BCUT2D eigenvalue weighted by Gasteiger charge is 2.08. The van der Waals surface area contributed by atoms with Crippen LogP contribution in [-0.2, 0) is 17.9 Å². The second-order valence-electron chi connectivity index (χ2n) is 6.51. The minimum Gasteiger partial charge on any atom is -0.494 e. The van der Waals surface area contributed by atoms with E-state index in [9.17, 15) is 9.59 Å². The van der Waals surface area contributed by atoms with Crippen molar-refractivity contribution in [3.8, 4) is 5.75 Å². The van der Waals surface area contributed by atoms with E-state index in [2.05, 4.69) is 22.6 Å². The fraction of sp³-hybridized carbons (Fsp3) is 0.333. The Morgan fingerprint density at radius 3 is 2.89 bits per heavy atom. The highest BCUT2D eigenvalue weighted by Crippen LogP contribution is 2.13. The monoisotopic (exact) mass is 380 g/mol. The average molecular weight is 380 g/mol. The van der Waals surface area contributed by atoms with Crippen LogP contribution in [0, 0.1) is 0 Å². The van der Waals surface area contributed by atoms with E-state index in [1.807, 2.05) is 24.3 Å². The predicted molar refractivity (Wildman–Crippen MR) is 107 cm³/mol. The Labute approximate surface area is 163 Å². The van der Waals surface area contributed by atoms with Crippen LogP contribution in [0.15, 0.2) is 53.3 Å². The molecule has 0 aliphatic heterocycles. The molecule has 3 rings (SSSR count). The Kier molecular flexibility index (Phi) is 6.73. The number of aryl methyl sites for hydroxylation is 1. The molecule has 0 atom stereocenters. The van der Waals surface area contributed by atoms with Gasteiger partial charge in [-0.1, -0.05) is 42.8 Å². The van der Waals surface area contributed by atoms with Crippen LogP contribution >= 0.6 is 0 Å². The molecule has 1 amide bonds. The lowest BCUT2D eigenvalue weighted by Crippen LogP contribution is -2.29. The van der Waals surface area contributed by atoms with Crippen molar-refractivity contribution in [1.82, 2.24) is 20.3 Å². The van der Waals surface area contributed by atoms with Gasteiger partial charge in [0.15, 0.2) is 0 Å². The zero-order chi connectivity index (χ0) is 19.8. The Hall–Kier alpha value is -3.22. The molecule has 2 aromatic carbocycles. The molecule has 146 valence electrons. The van der Waals surface area contributed by atoms with Crippen LogP contribution in [0.3, 0.4) is 0 Å². The molecule has 3 aromatic rings. The van der Waals surface area contributed by atoms with Crippen LogP contribution in [0.4, 0.5) is 0 Å². The van der Waals surface area contributed by atoms with Crippen LogP contribution in [-0.4, -0.2) is 27.5 Å². The molecule has 0 bridgehead atoms. The van der Waals surface area contributed by atoms with Gasteiger partial charge in [0.25, 0.3) is 5.56 Å². The summed E-state index contributed by atoms with van der Waals surface area (Å²) in [5, 5.41) is 11.3. The summed E-state index contributed by atoms with van der Waals surface area (Å²) >= 11 is 0. The van der Waals surface area contributed by atoms with Crippen molar-refractivity contribution in [2.24, 2.45) is 0 Å². The zero-order valence-corrected chi connectivity index (χ0v) is 15.9. The first-order valence-electron chi connectivity index (χ1n) is 9.48. The number of rotatable bonds is 9. The third-order valence-corrected chi connectivity index (χ3v) is 4.33. The lowest BCUT2D eigenvalue weighted by Gasteiger charge is -2.09. The van der Waals surface area contributed by atoms with Crippen molar-refractivity contribution in [3.05, 3.63) is 64.4 Å². The molecule has 0 aliphatic carbocycles. The van der Waals surface area contributed by atoms with E-state index in [1.54, 1.807) is 24.3 Å². The van der Waals surface area contributed by atoms with E-state index in [4.69, 9.17) is 4.74 Å². The van der Waals surface area contributed by atoms with Gasteiger partial charge in [-0.2, -0.15) is 0 Å². The first-order chi connectivity index (χ1) is 13.7. The van der Waals surface area contributed by atoms with E-state index in [1.165, 1.54) is 4.68 Å². The SMILES string of the molecule is CCCCOc1cccc(CNC(=O)CCn2nnc3ccccc3c2=O)c1. The van der Waals surface area contributed by atoms with Crippen LogP contribution in [0.5, 0.6) is 5.75 Å². The van der Waals surface area contributed by atoms with Crippen LogP contribution in [0.1, 0.15) is 31.7 Å². The smallest absolute Gasteiger partial charge is 0.277 e. The normalized spacial score (nSPS) is 10.8. The molecule has 7 heteroatoms. The number of carbonyl (C=O) groups excluding carboxylic acids is 1. The fourth-order valence-electron chi connectivity index (χ4n) is 2.75. The first kappa shape index (κ1) is 19.5. The quantitative estimate of drug-likeness (QED) is 0.577. The van der Waals surface area contributed by atoms with Crippen LogP contribution in [0.25, 0.3) is 10.9 Å². The zero-order valence-electron chi connectivity index (χ0n) is 15.9. The molecule has 0 saturated heterocycles. The van der Waals surface area contributed by atoms with E-state index in [-0.39, 0.29) is 24.4 Å². The molecular weight excluding hydrogens is 356 g/mol. The molecule has 28 heavy (non-hydrogen) atoms. The summed E-state index contributed by atoms with van der Waals surface area (Å²) in [6, 6.07) is 14.7. The van der Waals surface area contributed by atoms with Gasteiger partial charge in [-0.25, -0.2) is 4.68 Å². The number of benzene rings is 2. The molecule has 0 fully saturated rings. The summed E-state index contributed by atoms with van der Waals surface area (Å²) in [5.41, 5.74) is 1.27. The van der Waals surface area contributed by atoms with E-state index < -0.39 is 0 Å². The first-order valence-corrected chi connectivity index (χ1v) is 9.48. The number of carbonyl (C=O) groups is 1. The maximum absolute atomic E-state index is 12.4. The van der Waals surface area contributed by atoms with Gasteiger partial charge < -0.3 is 10.1 Å². The van der Waals surface area contributed by atoms with Gasteiger partial charge in [0.1, 0.15) is 11.3 Å². The third-order valence-electron chi connectivity index (χ3n) is 4.33. The number of unbranched alkanes of at least 4 members (excludes halogenated alkanes) is 1. The van der Waals surface area contributed by atoms with E-state index in [0.29, 0.717) is 24.1 Å². The van der Waals surface area contributed by atoms with Gasteiger partial charge in [-0.15, -0.1) is 5.10 Å². The number of hydrogen-bond donors (Lipinski definition) is 1. The third kappa shape index (κ3) is 5.16. The second-order valence-corrected chi connectivity index (χ2v) is 6.51. The number of fused-ring (bicyclic) bond motifs is 1. The predicted octanol–water partition coefficient (Wildman–Crippen LogP) is 2.68. The number of aromatic nitrogens is 3. The second kappa shape index (κ2) is 9.64. The van der Waals surface area contributed by atoms with Gasteiger partial charge in [-0.05, 0) is 36.2 Å². The molecule has 0 radical (unpaired) electrons. The van der Waals surface area contributed by atoms with Crippen molar-refractivity contribution < 1.29 is 9.53 Å². The van der Waals surface area contributed by atoms with Crippen molar-refractivity contribution in [3.63, 3.8) is 0 Å². The Morgan fingerprint density at radius 1 is 1.18 bits per heavy atom. The fourth-order valence-corrected chi connectivity index (χ4v) is 2.75. The largest absolute Gasteiger partial charge is 0.494 e. The maximum atomic E-state index is 12.4.